The highest BCUT2D eigenvalue weighted by molar-refractivity contribution is 6.00. The van der Waals surface area contributed by atoms with E-state index in [1.807, 2.05) is 41.3 Å². The van der Waals surface area contributed by atoms with Gasteiger partial charge in [0.15, 0.2) is 0 Å². The molecule has 5 rings (SSSR count). The third-order valence-electron chi connectivity index (χ3n) is 8.95. The summed E-state index contributed by atoms with van der Waals surface area (Å²) in [7, 11) is 0. The van der Waals surface area contributed by atoms with Crippen molar-refractivity contribution in [3.05, 3.63) is 71.8 Å². The van der Waals surface area contributed by atoms with Gasteiger partial charge in [-0.05, 0) is 43.2 Å². The van der Waals surface area contributed by atoms with Crippen molar-refractivity contribution in [3.8, 4) is 0 Å². The predicted octanol–water partition coefficient (Wildman–Crippen LogP) is 2.43. The van der Waals surface area contributed by atoms with Crippen LogP contribution in [0.2, 0.25) is 0 Å². The SMILES string of the molecule is O=C(NCCC[C@@H]1NC(=O)C2(CCN(CCc3ccccc3)CC2)N(CCN2CCOCC2)C1=O)OCc1ccccc1. The zero-order valence-electron chi connectivity index (χ0n) is 25.0. The first kappa shape index (κ1) is 31.0. The fourth-order valence-corrected chi connectivity index (χ4v) is 6.31. The number of nitrogens with zero attached hydrogens (tertiary/aromatic N) is 3. The Hall–Kier alpha value is -3.47. The molecule has 1 atom stereocenters. The summed E-state index contributed by atoms with van der Waals surface area (Å²) in [5.41, 5.74) is 1.41. The van der Waals surface area contributed by atoms with Crippen molar-refractivity contribution in [2.24, 2.45) is 0 Å². The Bertz CT molecular complexity index is 1180. The molecule has 232 valence electrons. The van der Waals surface area contributed by atoms with E-state index < -0.39 is 17.7 Å². The van der Waals surface area contributed by atoms with Crippen LogP contribution in [0.15, 0.2) is 60.7 Å². The summed E-state index contributed by atoms with van der Waals surface area (Å²) in [6, 6.07) is 19.4. The van der Waals surface area contributed by atoms with Crippen LogP contribution in [0, 0.1) is 0 Å². The normalized spacial score (nSPS) is 21.0. The van der Waals surface area contributed by atoms with Gasteiger partial charge in [-0.2, -0.15) is 0 Å². The average molecular weight is 592 g/mol. The van der Waals surface area contributed by atoms with E-state index in [-0.39, 0.29) is 18.4 Å². The topological polar surface area (TPSA) is 103 Å². The number of nitrogens with one attached hydrogen (secondary N) is 2. The van der Waals surface area contributed by atoms with Crippen molar-refractivity contribution in [2.45, 2.75) is 50.3 Å². The Kier molecular flexibility index (Phi) is 11.0. The first-order valence-corrected chi connectivity index (χ1v) is 15.7. The van der Waals surface area contributed by atoms with Crippen molar-refractivity contribution in [1.29, 1.82) is 0 Å². The van der Waals surface area contributed by atoms with Crippen LogP contribution in [0.25, 0.3) is 0 Å². The number of amides is 3. The quantitative estimate of drug-likeness (QED) is 0.366. The summed E-state index contributed by atoms with van der Waals surface area (Å²) < 4.78 is 10.8. The molecule has 3 heterocycles. The lowest BCUT2D eigenvalue weighted by atomic mass is 9.81. The Morgan fingerprint density at radius 1 is 0.884 bits per heavy atom. The van der Waals surface area contributed by atoms with Crippen LogP contribution in [-0.4, -0.2) is 110 Å². The van der Waals surface area contributed by atoms with Crippen molar-refractivity contribution < 1.29 is 23.9 Å². The molecule has 0 unspecified atom stereocenters. The minimum atomic E-state index is -0.817. The lowest BCUT2D eigenvalue weighted by molar-refractivity contribution is -0.162. The van der Waals surface area contributed by atoms with Gasteiger partial charge in [0.1, 0.15) is 18.2 Å². The molecule has 0 radical (unpaired) electrons. The van der Waals surface area contributed by atoms with E-state index >= 15 is 0 Å². The number of rotatable bonds is 12. The number of hydrogen-bond acceptors (Lipinski definition) is 7. The number of piperazine rings is 1. The van der Waals surface area contributed by atoms with E-state index in [1.165, 1.54) is 5.56 Å². The number of benzene rings is 2. The van der Waals surface area contributed by atoms with Gasteiger partial charge in [0, 0.05) is 52.4 Å². The molecule has 10 nitrogen and oxygen atoms in total. The van der Waals surface area contributed by atoms with Gasteiger partial charge in [0.25, 0.3) is 0 Å². The second kappa shape index (κ2) is 15.3. The minimum absolute atomic E-state index is 0.0164. The molecule has 43 heavy (non-hydrogen) atoms. The van der Waals surface area contributed by atoms with Crippen LogP contribution in [-0.2, 0) is 32.1 Å². The molecule has 0 bridgehead atoms. The summed E-state index contributed by atoms with van der Waals surface area (Å²) in [6.07, 6.45) is 2.74. The van der Waals surface area contributed by atoms with Crippen LogP contribution in [0.3, 0.4) is 0 Å². The smallest absolute Gasteiger partial charge is 0.407 e. The molecule has 0 aliphatic carbocycles. The summed E-state index contributed by atoms with van der Waals surface area (Å²) in [6.45, 7) is 7.37. The molecule has 2 aromatic rings. The lowest BCUT2D eigenvalue weighted by Gasteiger charge is -2.52. The average Bonchev–Trinajstić information content (AvgIpc) is 3.05. The number of likely N-dealkylation sites (tertiary alicyclic amines) is 1. The lowest BCUT2D eigenvalue weighted by Crippen LogP contribution is -2.73. The van der Waals surface area contributed by atoms with Gasteiger partial charge in [0.05, 0.1) is 13.2 Å². The Balaban J connectivity index is 1.14. The summed E-state index contributed by atoms with van der Waals surface area (Å²) in [5, 5.41) is 5.84. The largest absolute Gasteiger partial charge is 0.445 e. The highest BCUT2D eigenvalue weighted by atomic mass is 16.5. The Morgan fingerprint density at radius 2 is 1.53 bits per heavy atom. The van der Waals surface area contributed by atoms with Crippen LogP contribution in [0.1, 0.15) is 36.8 Å². The number of piperidine rings is 1. The van der Waals surface area contributed by atoms with E-state index in [1.54, 1.807) is 0 Å². The molecular weight excluding hydrogens is 546 g/mol. The predicted molar refractivity (Wildman–Crippen MR) is 163 cm³/mol. The number of carbonyl (C=O) groups excluding carboxylic acids is 3. The maximum absolute atomic E-state index is 13.9. The molecule has 3 amide bonds. The molecular formula is C33H45N5O5. The molecule has 3 aliphatic rings. The van der Waals surface area contributed by atoms with Crippen LogP contribution in [0.4, 0.5) is 4.79 Å². The van der Waals surface area contributed by atoms with E-state index in [2.05, 4.69) is 44.7 Å². The number of carbonyl (C=O) groups is 3. The number of hydrogen-bond donors (Lipinski definition) is 2. The molecule has 3 fully saturated rings. The van der Waals surface area contributed by atoms with E-state index in [9.17, 15) is 14.4 Å². The number of alkyl carbamates (subject to hydrolysis) is 1. The first-order valence-electron chi connectivity index (χ1n) is 15.7. The highest BCUT2D eigenvalue weighted by Gasteiger charge is 2.53. The summed E-state index contributed by atoms with van der Waals surface area (Å²) >= 11 is 0. The van der Waals surface area contributed by atoms with Gasteiger partial charge in [-0.25, -0.2) is 4.79 Å². The summed E-state index contributed by atoms with van der Waals surface area (Å²) in [5.74, 6) is -0.0609. The van der Waals surface area contributed by atoms with E-state index in [0.717, 1.165) is 51.3 Å². The second-order valence-electron chi connectivity index (χ2n) is 11.7. The second-order valence-corrected chi connectivity index (χ2v) is 11.7. The monoisotopic (exact) mass is 591 g/mol. The Labute approximate surface area is 254 Å². The number of ether oxygens (including phenoxy) is 2. The fourth-order valence-electron chi connectivity index (χ4n) is 6.31. The third kappa shape index (κ3) is 8.34. The van der Waals surface area contributed by atoms with Crippen LogP contribution < -0.4 is 10.6 Å². The van der Waals surface area contributed by atoms with Crippen molar-refractivity contribution >= 4 is 17.9 Å². The van der Waals surface area contributed by atoms with Gasteiger partial charge in [0.2, 0.25) is 11.8 Å². The van der Waals surface area contributed by atoms with Crippen LogP contribution in [0.5, 0.6) is 0 Å². The molecule has 10 heteroatoms. The minimum Gasteiger partial charge on any atom is -0.445 e. The molecule has 0 saturated carbocycles. The van der Waals surface area contributed by atoms with E-state index in [4.69, 9.17) is 9.47 Å². The molecule has 2 N–H and O–H groups in total. The molecule has 3 aliphatic heterocycles. The number of morpholine rings is 1. The van der Waals surface area contributed by atoms with Gasteiger partial charge >= 0.3 is 6.09 Å². The van der Waals surface area contributed by atoms with Crippen molar-refractivity contribution in [1.82, 2.24) is 25.3 Å². The fraction of sp³-hybridized carbons (Fsp3) is 0.545. The van der Waals surface area contributed by atoms with Gasteiger partial charge < -0.3 is 29.9 Å². The zero-order chi connectivity index (χ0) is 29.9. The first-order chi connectivity index (χ1) is 21.0. The van der Waals surface area contributed by atoms with Gasteiger partial charge in [-0.3, -0.25) is 14.5 Å². The molecule has 2 aromatic carbocycles. The van der Waals surface area contributed by atoms with Crippen molar-refractivity contribution in [2.75, 3.05) is 65.6 Å². The van der Waals surface area contributed by atoms with Crippen molar-refractivity contribution in [3.63, 3.8) is 0 Å². The zero-order valence-corrected chi connectivity index (χ0v) is 25.0. The summed E-state index contributed by atoms with van der Waals surface area (Å²) in [4.78, 5) is 46.5. The standard InChI is InChI=1S/C33H45N5O5/c39-30-29(12-7-16-34-32(41)43-26-28-10-5-2-6-11-28)35-31(40)33(38(30)21-20-37-22-24-42-25-23-37)14-18-36(19-15-33)17-13-27-8-3-1-4-9-27/h1-6,8-11,29H,7,12-26H2,(H,34,41)(H,35,40)/t29-/m0/s1. The van der Waals surface area contributed by atoms with E-state index in [0.29, 0.717) is 52.0 Å². The Morgan fingerprint density at radius 3 is 2.23 bits per heavy atom. The maximum Gasteiger partial charge on any atom is 0.407 e. The van der Waals surface area contributed by atoms with Crippen LogP contribution >= 0.6 is 0 Å². The van der Waals surface area contributed by atoms with Gasteiger partial charge in [-0.15, -0.1) is 0 Å². The molecule has 3 saturated heterocycles. The molecule has 1 spiro atoms. The highest BCUT2D eigenvalue weighted by Crippen LogP contribution is 2.33. The van der Waals surface area contributed by atoms with Gasteiger partial charge in [-0.1, -0.05) is 60.7 Å². The third-order valence-corrected chi connectivity index (χ3v) is 8.95. The maximum atomic E-state index is 13.9. The molecule has 0 aromatic heterocycles.